The number of benzene rings is 2. The topological polar surface area (TPSA) is 26.0 Å². The van der Waals surface area contributed by atoms with Crippen LogP contribution in [0.3, 0.4) is 0 Å². The largest absolute Gasteiger partial charge is 0.441 e. The predicted molar refractivity (Wildman–Crippen MR) is 82.8 cm³/mol. The molecule has 0 N–H and O–H groups in total. The maximum absolute atomic E-state index is 6.40. The summed E-state index contributed by atoms with van der Waals surface area (Å²) < 4.78 is 5.66. The van der Waals surface area contributed by atoms with Crippen molar-refractivity contribution in [3.8, 4) is 0 Å². The van der Waals surface area contributed by atoms with Crippen LogP contribution in [-0.2, 0) is 6.42 Å². The van der Waals surface area contributed by atoms with Crippen LogP contribution in [0.1, 0.15) is 16.8 Å². The second-order valence-corrected chi connectivity index (χ2v) is 5.70. The maximum atomic E-state index is 6.40. The van der Waals surface area contributed by atoms with E-state index in [4.69, 9.17) is 39.2 Å². The second-order valence-electron chi connectivity index (χ2n) is 4.39. The van der Waals surface area contributed by atoms with E-state index in [1.54, 1.807) is 6.07 Å². The molecule has 0 saturated heterocycles. The summed E-state index contributed by atoms with van der Waals surface area (Å²) in [6.07, 6.45) is 0.455. The lowest BCUT2D eigenvalue weighted by Gasteiger charge is -2.10. The van der Waals surface area contributed by atoms with Gasteiger partial charge < -0.3 is 4.42 Å². The number of halogens is 3. The van der Waals surface area contributed by atoms with Gasteiger partial charge in [0.15, 0.2) is 11.5 Å². The van der Waals surface area contributed by atoms with E-state index < -0.39 is 0 Å². The number of alkyl halides is 1. The molecule has 2 aromatic carbocycles. The Balaban J connectivity index is 1.88. The van der Waals surface area contributed by atoms with Gasteiger partial charge in [-0.05, 0) is 23.8 Å². The van der Waals surface area contributed by atoms with Gasteiger partial charge in [0.2, 0.25) is 0 Å². The number of aromatic nitrogens is 1. The summed E-state index contributed by atoms with van der Waals surface area (Å²) in [5.41, 5.74) is 2.36. The highest BCUT2D eigenvalue weighted by atomic mass is 35.5. The van der Waals surface area contributed by atoms with E-state index in [-0.39, 0.29) is 5.38 Å². The van der Waals surface area contributed by atoms with Gasteiger partial charge in [-0.25, -0.2) is 4.98 Å². The van der Waals surface area contributed by atoms with Crippen molar-refractivity contribution in [3.63, 3.8) is 0 Å². The Labute approximate surface area is 131 Å². The van der Waals surface area contributed by atoms with Crippen molar-refractivity contribution >= 4 is 45.9 Å². The molecule has 0 aliphatic rings. The molecule has 20 heavy (non-hydrogen) atoms. The number of fused-ring (bicyclic) bond motifs is 1. The number of rotatable bonds is 3. The minimum Gasteiger partial charge on any atom is -0.441 e. The zero-order valence-electron chi connectivity index (χ0n) is 10.3. The molecule has 3 aromatic rings. The summed E-state index contributed by atoms with van der Waals surface area (Å²) in [6, 6.07) is 13.0. The van der Waals surface area contributed by atoms with Gasteiger partial charge in [0, 0.05) is 6.42 Å². The zero-order valence-corrected chi connectivity index (χ0v) is 12.6. The van der Waals surface area contributed by atoms with Gasteiger partial charge in [-0.3, -0.25) is 0 Å². The standard InChI is InChI=1S/C15H10Cl3NO/c16-10-5-3-4-9(15(10)18)11(17)8-14-19-12-6-1-2-7-13(12)20-14/h1-7,11H,8H2. The van der Waals surface area contributed by atoms with Gasteiger partial charge in [-0.15, -0.1) is 11.6 Å². The minimum atomic E-state index is -0.339. The molecular weight excluding hydrogens is 317 g/mol. The molecule has 0 spiro atoms. The monoisotopic (exact) mass is 325 g/mol. The molecule has 0 aliphatic heterocycles. The van der Waals surface area contributed by atoms with Crippen molar-refractivity contribution in [2.75, 3.05) is 0 Å². The normalized spacial score (nSPS) is 12.8. The van der Waals surface area contributed by atoms with Crippen molar-refractivity contribution in [1.29, 1.82) is 0 Å². The minimum absolute atomic E-state index is 0.339. The molecule has 1 atom stereocenters. The van der Waals surface area contributed by atoms with Gasteiger partial charge in [-0.2, -0.15) is 0 Å². The Morgan fingerprint density at radius 2 is 1.85 bits per heavy atom. The van der Waals surface area contributed by atoms with Crippen molar-refractivity contribution in [2.45, 2.75) is 11.8 Å². The van der Waals surface area contributed by atoms with E-state index in [1.165, 1.54) is 0 Å². The van der Waals surface area contributed by atoms with E-state index in [0.29, 0.717) is 22.4 Å². The highest BCUT2D eigenvalue weighted by Crippen LogP contribution is 2.35. The average Bonchev–Trinajstić information content (AvgIpc) is 2.83. The lowest BCUT2D eigenvalue weighted by atomic mass is 10.1. The molecular formula is C15H10Cl3NO. The number of hydrogen-bond acceptors (Lipinski definition) is 2. The lowest BCUT2D eigenvalue weighted by molar-refractivity contribution is 0.525. The third-order valence-electron chi connectivity index (χ3n) is 3.01. The molecule has 2 nitrogen and oxygen atoms in total. The first-order valence-electron chi connectivity index (χ1n) is 6.07. The van der Waals surface area contributed by atoms with Crippen LogP contribution in [0, 0.1) is 0 Å². The molecule has 1 heterocycles. The highest BCUT2D eigenvalue weighted by molar-refractivity contribution is 6.43. The van der Waals surface area contributed by atoms with Crippen molar-refractivity contribution in [3.05, 3.63) is 64.0 Å². The summed E-state index contributed by atoms with van der Waals surface area (Å²) in [4.78, 5) is 4.40. The fraction of sp³-hybridized carbons (Fsp3) is 0.133. The van der Waals surface area contributed by atoms with Gasteiger partial charge in [0.1, 0.15) is 5.52 Å². The quantitative estimate of drug-likeness (QED) is 0.581. The summed E-state index contributed by atoms with van der Waals surface area (Å²) >= 11 is 18.6. The van der Waals surface area contributed by atoms with Crippen LogP contribution < -0.4 is 0 Å². The predicted octanol–water partition coefficient (Wildman–Crippen LogP) is 5.66. The van der Waals surface area contributed by atoms with Crippen LogP contribution >= 0.6 is 34.8 Å². The maximum Gasteiger partial charge on any atom is 0.197 e. The highest BCUT2D eigenvalue weighted by Gasteiger charge is 2.17. The Bertz CT molecular complexity index is 721. The first-order chi connectivity index (χ1) is 9.65. The van der Waals surface area contributed by atoms with E-state index in [0.717, 1.165) is 16.7 Å². The van der Waals surface area contributed by atoms with E-state index in [9.17, 15) is 0 Å². The average molecular weight is 327 g/mol. The van der Waals surface area contributed by atoms with Gasteiger partial charge in [0.25, 0.3) is 0 Å². The van der Waals surface area contributed by atoms with Crippen LogP contribution in [0.5, 0.6) is 0 Å². The molecule has 5 heteroatoms. The number of hydrogen-bond donors (Lipinski definition) is 0. The van der Waals surface area contributed by atoms with Crippen LogP contribution in [0.25, 0.3) is 11.1 Å². The Hall–Kier alpha value is -1.22. The van der Waals surface area contributed by atoms with Crippen LogP contribution in [0.15, 0.2) is 46.9 Å². The lowest BCUT2D eigenvalue weighted by Crippen LogP contribution is -1.97. The number of oxazole rings is 1. The zero-order chi connectivity index (χ0) is 14.1. The summed E-state index contributed by atoms with van der Waals surface area (Å²) in [7, 11) is 0. The van der Waals surface area contributed by atoms with E-state index in [2.05, 4.69) is 4.98 Å². The SMILES string of the molecule is Clc1cccc(C(Cl)Cc2nc3ccccc3o2)c1Cl. The Morgan fingerprint density at radius 3 is 2.65 bits per heavy atom. The fourth-order valence-corrected chi connectivity index (χ4v) is 2.84. The molecule has 0 fully saturated rings. The molecule has 0 aliphatic carbocycles. The first-order valence-corrected chi connectivity index (χ1v) is 7.27. The van der Waals surface area contributed by atoms with Crippen molar-refractivity contribution in [2.24, 2.45) is 0 Å². The Morgan fingerprint density at radius 1 is 1.05 bits per heavy atom. The van der Waals surface area contributed by atoms with Crippen molar-refractivity contribution < 1.29 is 4.42 Å². The molecule has 0 radical (unpaired) electrons. The summed E-state index contributed by atoms with van der Waals surface area (Å²) in [6.45, 7) is 0. The molecule has 1 unspecified atom stereocenters. The molecule has 3 rings (SSSR count). The smallest absolute Gasteiger partial charge is 0.197 e. The van der Waals surface area contributed by atoms with Gasteiger partial charge in [-0.1, -0.05) is 47.5 Å². The van der Waals surface area contributed by atoms with Gasteiger partial charge in [0.05, 0.1) is 15.4 Å². The van der Waals surface area contributed by atoms with Crippen molar-refractivity contribution in [1.82, 2.24) is 4.98 Å². The number of nitrogens with zero attached hydrogens (tertiary/aromatic N) is 1. The third kappa shape index (κ3) is 2.64. The van der Waals surface area contributed by atoms with E-state index >= 15 is 0 Å². The Kier molecular flexibility index (Phi) is 3.88. The molecule has 0 saturated carbocycles. The van der Waals surface area contributed by atoms with Crippen LogP contribution in [0.4, 0.5) is 0 Å². The fourth-order valence-electron chi connectivity index (χ4n) is 2.03. The van der Waals surface area contributed by atoms with Gasteiger partial charge >= 0.3 is 0 Å². The first kappa shape index (κ1) is 13.7. The second kappa shape index (κ2) is 5.65. The number of para-hydroxylation sites is 2. The molecule has 1 aromatic heterocycles. The third-order valence-corrected chi connectivity index (χ3v) is 4.23. The summed E-state index contributed by atoms with van der Waals surface area (Å²) in [5.74, 6) is 0.585. The molecule has 0 amide bonds. The molecule has 0 bridgehead atoms. The van der Waals surface area contributed by atoms with Crippen LogP contribution in [0.2, 0.25) is 10.0 Å². The van der Waals surface area contributed by atoms with E-state index in [1.807, 2.05) is 36.4 Å². The van der Waals surface area contributed by atoms with Crippen LogP contribution in [-0.4, -0.2) is 4.98 Å². The molecule has 102 valence electrons. The summed E-state index contributed by atoms with van der Waals surface area (Å²) in [5, 5.41) is 0.631.